The van der Waals surface area contributed by atoms with Gasteiger partial charge in [0, 0.05) is 23.4 Å². The zero-order valence-electron chi connectivity index (χ0n) is 50.3. The first-order valence-corrected chi connectivity index (χ1v) is 30.5. The number of para-hydroxylation sites is 1. The fourth-order valence-electron chi connectivity index (χ4n) is 8.75. The molecule has 2 aromatic rings. The lowest BCUT2D eigenvalue weighted by Gasteiger charge is -2.29. The molecular formula is C54H86ClN17O17S-2. The second kappa shape index (κ2) is 40.1. The second-order valence-electron chi connectivity index (χ2n) is 21.2. The molecule has 0 aromatic heterocycles. The molecule has 1 aliphatic rings. The Labute approximate surface area is 525 Å². The predicted octanol–water partition coefficient (Wildman–Crippen LogP) is -6.83. The highest BCUT2D eigenvalue weighted by molar-refractivity contribution is 7.79. The van der Waals surface area contributed by atoms with Crippen molar-refractivity contribution in [2.75, 3.05) is 44.6 Å². The molecule has 1 saturated heterocycles. The number of aliphatic hydroxyl groups is 2. The molecule has 2 aromatic carbocycles. The molecule has 0 spiro atoms. The maximum Gasteiger partial charge on any atom is 0.319 e. The van der Waals surface area contributed by atoms with Gasteiger partial charge >= 0.3 is 6.03 Å². The van der Waals surface area contributed by atoms with Crippen LogP contribution in [0.2, 0.25) is 5.02 Å². The van der Waals surface area contributed by atoms with Crippen molar-refractivity contribution in [1.29, 1.82) is 0 Å². The van der Waals surface area contributed by atoms with Crippen LogP contribution in [-0.4, -0.2) is 205 Å². The van der Waals surface area contributed by atoms with Crippen LogP contribution in [0.25, 0.3) is 0 Å². The van der Waals surface area contributed by atoms with E-state index in [9.17, 15) is 63.0 Å². The summed E-state index contributed by atoms with van der Waals surface area (Å²) in [6.07, 6.45) is -4.78. The quantitative estimate of drug-likeness (QED) is 0.0343. The van der Waals surface area contributed by atoms with Crippen molar-refractivity contribution in [2.45, 2.75) is 152 Å². The van der Waals surface area contributed by atoms with Crippen LogP contribution in [0.4, 0.5) is 10.5 Å². The predicted molar refractivity (Wildman–Crippen MR) is 324 cm³/mol. The van der Waals surface area contributed by atoms with Crippen LogP contribution >= 0.6 is 11.6 Å². The Morgan fingerprint density at radius 2 is 1.04 bits per heavy atom. The van der Waals surface area contributed by atoms with Gasteiger partial charge in [0.25, 0.3) is 0 Å². The number of aliphatic hydroxyl groups excluding tert-OH is 2. The van der Waals surface area contributed by atoms with Gasteiger partial charge in [0.15, 0.2) is 0 Å². The van der Waals surface area contributed by atoms with Crippen molar-refractivity contribution in [3.8, 4) is 0 Å². The van der Waals surface area contributed by atoms with Crippen molar-refractivity contribution in [3.05, 3.63) is 65.2 Å². The molecule has 34 nitrogen and oxygen atoms in total. The van der Waals surface area contributed by atoms with Gasteiger partial charge in [0.1, 0.15) is 60.4 Å². The van der Waals surface area contributed by atoms with Crippen LogP contribution in [0.5, 0.6) is 0 Å². The van der Waals surface area contributed by atoms with E-state index in [1.54, 1.807) is 56.3 Å². The van der Waals surface area contributed by atoms with E-state index in [0.29, 0.717) is 5.56 Å². The minimum atomic E-state index is -5.17. The summed E-state index contributed by atoms with van der Waals surface area (Å²) < 4.78 is 34.1. The number of carbonyl (C=O) groups excluding carboxylic acids is 11. The summed E-state index contributed by atoms with van der Waals surface area (Å²) in [7, 11) is -5.17. The van der Waals surface area contributed by atoms with E-state index in [4.69, 9.17) is 57.8 Å². The SMILES string of the molecule is CC(C)CC1NC(=O)C(Cc2ccccc2)NC(=O)C(CCN)NC(=O)C(NC(=O)C(CCN)NC(=O)C(NC(=O)C(CCN)NC(=O)Nc2ccccc2Cl)C(C)O)CCNC(=O)C(C(C)O)NC(=O)C(CCN)NC(=O)C(CCN)NC1=O.O=S(=O)([O-])[O-]. The van der Waals surface area contributed by atoms with Crippen LogP contribution in [-0.2, 0) is 64.8 Å². The number of hydrogen-bond donors (Lipinski definition) is 19. The summed E-state index contributed by atoms with van der Waals surface area (Å²) in [4.78, 5) is 154. The van der Waals surface area contributed by atoms with Gasteiger partial charge in [-0.1, -0.05) is 67.9 Å². The number of rotatable bonds is 24. The summed E-state index contributed by atoms with van der Waals surface area (Å²) in [5.41, 5.74) is 30.1. The Morgan fingerprint density at radius 1 is 0.589 bits per heavy atom. The molecule has 12 unspecified atom stereocenters. The Bertz CT molecular complexity index is 2820. The summed E-state index contributed by atoms with van der Waals surface area (Å²) in [6.45, 7) is 4.59. The molecule has 3 rings (SSSR count). The number of nitrogens with two attached hydrogens (primary N) is 5. The minimum Gasteiger partial charge on any atom is -0.759 e. The standard InChI is InChI=1S/C54H86ClN17O13.H2O4S/c1-28(2)26-40-50(81)64-34(14-20-56)44(75)63-37(17-23-59)48(79)71-42(29(3)73)52(83)61-25-19-39(47(78)62-35(15-21-57)46(77)68-41(51(82)67-40)27-31-10-6-5-7-11-31)65-45(76)36(16-22-58)66-53(84)43(30(4)74)72-49(80)38(18-24-60)70-54(85)69-33-13-9-8-12-32(33)55;1-5(2,3)4/h5-13,28-30,34-43,73-74H,14-27,56-60H2,1-4H3,(H,61,83)(H,62,78)(H,63,75)(H,64,81)(H,65,76)(H,66,84)(H,67,82)(H,68,77)(H,71,79)(H,72,80)(H2,69,70,85);(H2,1,2,3,4)/p-2. The number of urea groups is 1. The number of hydrogen-bond acceptors (Lipinski definition) is 22. The van der Waals surface area contributed by atoms with Gasteiger partial charge in [-0.05, 0) is 115 Å². The van der Waals surface area contributed by atoms with E-state index < -0.39 is 161 Å². The molecule has 1 heterocycles. The van der Waals surface area contributed by atoms with Crippen LogP contribution in [0.1, 0.15) is 78.2 Å². The zero-order chi connectivity index (χ0) is 67.8. The molecule has 12 atom stereocenters. The number of anilines is 1. The fourth-order valence-corrected chi connectivity index (χ4v) is 8.93. The van der Waals surface area contributed by atoms with Gasteiger partial charge in [-0.3, -0.25) is 56.4 Å². The molecule has 1 fully saturated rings. The average Bonchev–Trinajstić information content (AvgIpc) is 1.48. The lowest BCUT2D eigenvalue weighted by molar-refractivity contribution is -0.136. The number of amides is 12. The van der Waals surface area contributed by atoms with E-state index in [-0.39, 0.29) is 94.3 Å². The summed E-state index contributed by atoms with van der Waals surface area (Å²) in [5, 5.41) is 52.0. The van der Waals surface area contributed by atoms with Crippen LogP contribution in [0, 0.1) is 5.92 Å². The van der Waals surface area contributed by atoms with Crippen molar-refractivity contribution in [3.63, 3.8) is 0 Å². The maximum atomic E-state index is 14.5. The highest BCUT2D eigenvalue weighted by Crippen LogP contribution is 2.20. The second-order valence-corrected chi connectivity index (χ2v) is 22.4. The van der Waals surface area contributed by atoms with Crippen molar-refractivity contribution in [1.82, 2.24) is 58.5 Å². The fraction of sp³-hybridized carbons (Fsp3) is 0.574. The van der Waals surface area contributed by atoms with E-state index >= 15 is 0 Å². The highest BCUT2D eigenvalue weighted by atomic mass is 35.5. The van der Waals surface area contributed by atoms with Gasteiger partial charge in [0.2, 0.25) is 59.1 Å². The van der Waals surface area contributed by atoms with Crippen LogP contribution < -0.4 is 92.5 Å². The molecule has 12 amide bonds. The molecule has 0 aliphatic carbocycles. The third-order valence-corrected chi connectivity index (χ3v) is 13.6. The molecule has 504 valence electrons. The maximum absolute atomic E-state index is 14.5. The Hall–Kier alpha value is -7.71. The number of nitrogens with one attached hydrogen (secondary N) is 12. The molecular weight excluding hydrogens is 1230 g/mol. The molecule has 24 N–H and O–H groups in total. The van der Waals surface area contributed by atoms with Gasteiger partial charge in [0.05, 0.1) is 22.9 Å². The molecule has 0 radical (unpaired) electrons. The van der Waals surface area contributed by atoms with Gasteiger partial charge < -0.3 is 112 Å². The van der Waals surface area contributed by atoms with Gasteiger partial charge in [-0.2, -0.15) is 0 Å². The topological polar surface area (TPSA) is 583 Å². The molecule has 0 saturated carbocycles. The summed E-state index contributed by atoms with van der Waals surface area (Å²) in [6, 6.07) is -1.22. The van der Waals surface area contributed by atoms with Gasteiger partial charge in [-0.15, -0.1) is 0 Å². The molecule has 1 aliphatic heterocycles. The number of benzene rings is 2. The largest absolute Gasteiger partial charge is 0.759 e. The third kappa shape index (κ3) is 28.8. The third-order valence-electron chi connectivity index (χ3n) is 13.3. The Balaban J connectivity index is 0.00000529. The summed E-state index contributed by atoms with van der Waals surface area (Å²) in [5.74, 6) is -9.81. The van der Waals surface area contributed by atoms with E-state index in [0.717, 1.165) is 0 Å². The first kappa shape index (κ1) is 78.4. The van der Waals surface area contributed by atoms with Crippen molar-refractivity contribution >= 4 is 92.8 Å². The Kier molecular flexibility index (Phi) is 34.9. The number of carbonyl (C=O) groups is 11. The van der Waals surface area contributed by atoms with Crippen LogP contribution in [0.15, 0.2) is 54.6 Å². The van der Waals surface area contributed by atoms with Crippen molar-refractivity contribution in [2.24, 2.45) is 34.6 Å². The first-order chi connectivity index (χ1) is 42.4. The first-order valence-electron chi connectivity index (χ1n) is 28.8. The number of halogens is 1. The lowest BCUT2D eigenvalue weighted by atomic mass is 10.00. The molecule has 90 heavy (non-hydrogen) atoms. The van der Waals surface area contributed by atoms with Crippen molar-refractivity contribution < 1.29 is 80.5 Å². The molecule has 36 heteroatoms. The van der Waals surface area contributed by atoms with E-state index in [1.165, 1.54) is 26.0 Å². The smallest absolute Gasteiger partial charge is 0.319 e. The normalized spacial score (nSPS) is 21.8. The Morgan fingerprint density at radius 3 is 1.53 bits per heavy atom. The minimum absolute atomic E-state index is 0.0369. The lowest BCUT2D eigenvalue weighted by Crippen LogP contribution is -2.62. The monoisotopic (exact) mass is 1310 g/mol. The zero-order valence-corrected chi connectivity index (χ0v) is 51.9. The van der Waals surface area contributed by atoms with Gasteiger partial charge in [-0.25, -0.2) is 4.79 Å². The van der Waals surface area contributed by atoms with Crippen LogP contribution in [0.3, 0.4) is 0 Å². The highest BCUT2D eigenvalue weighted by Gasteiger charge is 2.37. The summed E-state index contributed by atoms with van der Waals surface area (Å²) >= 11 is 6.16. The average molecular weight is 1310 g/mol. The van der Waals surface area contributed by atoms with E-state index in [2.05, 4.69) is 63.8 Å². The van der Waals surface area contributed by atoms with E-state index in [1.807, 2.05) is 0 Å². The molecule has 0 bridgehead atoms.